The van der Waals surface area contributed by atoms with Crippen LogP contribution in [0.5, 0.6) is 11.5 Å². The number of carbonyl (C=O) groups excluding carboxylic acids is 1. The Morgan fingerprint density at radius 3 is 2.75 bits per heavy atom. The summed E-state index contributed by atoms with van der Waals surface area (Å²) in [5, 5.41) is 0. The number of rotatable bonds is 5. The molecular weight excluding hydrogens is 346 g/mol. The lowest BCUT2D eigenvalue weighted by molar-refractivity contribution is -0.121. The van der Waals surface area contributed by atoms with Crippen LogP contribution in [0.1, 0.15) is 11.3 Å². The van der Waals surface area contributed by atoms with E-state index >= 15 is 0 Å². The van der Waals surface area contributed by atoms with Crippen LogP contribution in [0.25, 0.3) is 6.08 Å². The first-order chi connectivity index (χ1) is 11.6. The van der Waals surface area contributed by atoms with Crippen molar-refractivity contribution in [2.45, 2.75) is 6.54 Å². The molecule has 0 atom stereocenters. The summed E-state index contributed by atoms with van der Waals surface area (Å²) in [5.41, 5.74) is 1.20. The Morgan fingerprint density at radius 1 is 1.25 bits per heavy atom. The summed E-state index contributed by atoms with van der Waals surface area (Å²) < 4.78 is 18.1. The second kappa shape index (κ2) is 7.11. The molecule has 1 amide bonds. The molecule has 5 nitrogen and oxygen atoms in total. The van der Waals surface area contributed by atoms with E-state index in [4.69, 9.17) is 26.1 Å². The predicted octanol–water partition coefficient (Wildman–Crippen LogP) is 3.70. The van der Waals surface area contributed by atoms with Crippen molar-refractivity contribution in [2.24, 2.45) is 0 Å². The van der Waals surface area contributed by atoms with Crippen molar-refractivity contribution in [1.29, 1.82) is 0 Å². The molecule has 0 N–H and O–H groups in total. The number of ether oxygens (including phenoxy) is 2. The molecule has 24 heavy (non-hydrogen) atoms. The highest BCUT2D eigenvalue weighted by Crippen LogP contribution is 2.36. The maximum absolute atomic E-state index is 12.6. The van der Waals surface area contributed by atoms with Gasteiger partial charge in [0, 0.05) is 17.5 Å². The van der Waals surface area contributed by atoms with Gasteiger partial charge in [-0.15, -0.1) is 0 Å². The van der Waals surface area contributed by atoms with E-state index in [1.807, 2.05) is 18.2 Å². The van der Waals surface area contributed by atoms with Gasteiger partial charge in [-0.25, -0.2) is 0 Å². The highest BCUT2D eigenvalue weighted by atomic mass is 32.2. The molecule has 0 aliphatic carbocycles. The van der Waals surface area contributed by atoms with Gasteiger partial charge in [0.2, 0.25) is 0 Å². The summed E-state index contributed by atoms with van der Waals surface area (Å²) in [5.74, 6) is 1.73. The zero-order valence-electron chi connectivity index (χ0n) is 13.1. The molecule has 0 spiro atoms. The summed E-state index contributed by atoms with van der Waals surface area (Å²) >= 11 is 6.60. The zero-order valence-corrected chi connectivity index (χ0v) is 14.8. The van der Waals surface area contributed by atoms with Gasteiger partial charge in [0.25, 0.3) is 5.91 Å². The Morgan fingerprint density at radius 2 is 2.08 bits per heavy atom. The van der Waals surface area contributed by atoms with E-state index in [0.29, 0.717) is 33.6 Å². The fourth-order valence-electron chi connectivity index (χ4n) is 2.36. The molecule has 0 bridgehead atoms. The zero-order chi connectivity index (χ0) is 17.1. The second-order valence-electron chi connectivity index (χ2n) is 4.94. The smallest absolute Gasteiger partial charge is 0.266 e. The van der Waals surface area contributed by atoms with E-state index in [-0.39, 0.29) is 5.91 Å². The molecule has 2 aromatic rings. The molecule has 1 aliphatic heterocycles. The largest absolute Gasteiger partial charge is 0.493 e. The fraction of sp³-hybridized carbons (Fsp3) is 0.176. The molecule has 1 saturated heterocycles. The minimum atomic E-state index is -0.147. The Labute approximate surface area is 149 Å². The van der Waals surface area contributed by atoms with Gasteiger partial charge in [-0.1, -0.05) is 24.4 Å². The minimum Gasteiger partial charge on any atom is -0.493 e. The van der Waals surface area contributed by atoms with Crippen LogP contribution in [0.15, 0.2) is 46.6 Å². The SMILES string of the molecule is COc1cccc(/C=C2/C(=O)N(Cc3ccco3)SC2=S)c1OC. The standard InChI is InChI=1S/C17H15NO4S2/c1-20-14-7-3-5-11(15(14)21-2)9-13-16(19)18(24-17(13)23)10-12-6-4-8-22-12/h3-9H,10H2,1-2H3/b13-9-. The maximum atomic E-state index is 12.6. The normalized spacial score (nSPS) is 16.1. The van der Waals surface area contributed by atoms with Crippen LogP contribution in [-0.2, 0) is 11.3 Å². The molecule has 0 saturated carbocycles. The van der Waals surface area contributed by atoms with Crippen LogP contribution in [-0.4, -0.2) is 28.6 Å². The van der Waals surface area contributed by atoms with E-state index in [1.165, 1.54) is 11.9 Å². The van der Waals surface area contributed by atoms with Crippen molar-refractivity contribution in [2.75, 3.05) is 14.2 Å². The van der Waals surface area contributed by atoms with Gasteiger partial charge in [-0.2, -0.15) is 0 Å². The van der Waals surface area contributed by atoms with Crippen molar-refractivity contribution >= 4 is 40.3 Å². The number of carbonyl (C=O) groups is 1. The average Bonchev–Trinajstić information content (AvgIpc) is 3.19. The van der Waals surface area contributed by atoms with E-state index in [2.05, 4.69) is 0 Å². The fourth-order valence-corrected chi connectivity index (χ4v) is 3.60. The summed E-state index contributed by atoms with van der Waals surface area (Å²) in [7, 11) is 3.13. The molecule has 124 valence electrons. The topological polar surface area (TPSA) is 51.9 Å². The monoisotopic (exact) mass is 361 g/mol. The van der Waals surface area contributed by atoms with Gasteiger partial charge in [-0.05, 0) is 24.3 Å². The molecule has 0 radical (unpaired) electrons. The first-order valence-corrected chi connectivity index (χ1v) is 8.31. The van der Waals surface area contributed by atoms with Crippen LogP contribution in [0.3, 0.4) is 0 Å². The van der Waals surface area contributed by atoms with Gasteiger partial charge in [0.05, 0.1) is 32.6 Å². The second-order valence-corrected chi connectivity index (χ2v) is 6.64. The van der Waals surface area contributed by atoms with Crippen LogP contribution in [0.2, 0.25) is 0 Å². The third-order valence-corrected chi connectivity index (χ3v) is 4.83. The highest BCUT2D eigenvalue weighted by Gasteiger charge is 2.33. The van der Waals surface area contributed by atoms with Crippen molar-refractivity contribution in [3.05, 3.63) is 53.5 Å². The van der Waals surface area contributed by atoms with Crippen LogP contribution < -0.4 is 9.47 Å². The molecule has 1 aromatic carbocycles. The number of furan rings is 1. The number of hydrogen-bond donors (Lipinski definition) is 0. The number of nitrogens with zero attached hydrogens (tertiary/aromatic N) is 1. The van der Waals surface area contributed by atoms with Gasteiger partial charge in [-0.3, -0.25) is 9.10 Å². The number of methoxy groups -OCH3 is 2. The lowest BCUT2D eigenvalue weighted by atomic mass is 10.1. The lowest BCUT2D eigenvalue weighted by Crippen LogP contribution is -2.18. The number of para-hydroxylation sites is 1. The summed E-state index contributed by atoms with van der Waals surface area (Å²) in [6, 6.07) is 9.10. The minimum absolute atomic E-state index is 0.147. The third-order valence-electron chi connectivity index (χ3n) is 3.48. The van der Waals surface area contributed by atoms with Crippen molar-refractivity contribution in [1.82, 2.24) is 4.31 Å². The van der Waals surface area contributed by atoms with Gasteiger partial charge >= 0.3 is 0 Å². The highest BCUT2D eigenvalue weighted by molar-refractivity contribution is 8.23. The first-order valence-electron chi connectivity index (χ1n) is 7.13. The molecule has 1 aromatic heterocycles. The lowest BCUT2D eigenvalue weighted by Gasteiger charge is -2.11. The molecule has 2 heterocycles. The van der Waals surface area contributed by atoms with E-state index in [0.717, 1.165) is 5.56 Å². The van der Waals surface area contributed by atoms with E-state index in [9.17, 15) is 4.79 Å². The van der Waals surface area contributed by atoms with Crippen molar-refractivity contribution in [3.8, 4) is 11.5 Å². The summed E-state index contributed by atoms with van der Waals surface area (Å²) in [6.07, 6.45) is 3.32. The Balaban J connectivity index is 1.90. The Kier molecular flexibility index (Phi) is 4.92. The third kappa shape index (κ3) is 3.18. The molecule has 3 rings (SSSR count). The first kappa shape index (κ1) is 16.6. The molecule has 1 fully saturated rings. The number of amides is 1. The quantitative estimate of drug-likeness (QED) is 0.460. The van der Waals surface area contributed by atoms with Crippen molar-refractivity contribution in [3.63, 3.8) is 0 Å². The number of thiocarbonyl (C=S) groups is 1. The molecule has 7 heteroatoms. The molecular formula is C17H15NO4S2. The van der Waals surface area contributed by atoms with Gasteiger partial charge in [0.15, 0.2) is 11.5 Å². The predicted molar refractivity (Wildman–Crippen MR) is 97.0 cm³/mol. The van der Waals surface area contributed by atoms with Crippen LogP contribution in [0.4, 0.5) is 0 Å². The van der Waals surface area contributed by atoms with Crippen LogP contribution >= 0.6 is 24.2 Å². The average molecular weight is 361 g/mol. The van der Waals surface area contributed by atoms with Gasteiger partial charge < -0.3 is 13.9 Å². The van der Waals surface area contributed by atoms with Gasteiger partial charge in [0.1, 0.15) is 9.96 Å². The number of hydrogen-bond acceptors (Lipinski definition) is 6. The Hall–Kier alpha value is -2.25. The molecule has 1 aliphatic rings. The van der Waals surface area contributed by atoms with E-state index in [1.54, 1.807) is 43.0 Å². The summed E-state index contributed by atoms with van der Waals surface area (Å²) in [6.45, 7) is 0.364. The van der Waals surface area contributed by atoms with Crippen LogP contribution in [0, 0.1) is 0 Å². The Bertz CT molecular complexity index is 799. The van der Waals surface area contributed by atoms with E-state index < -0.39 is 0 Å². The number of benzene rings is 1. The van der Waals surface area contributed by atoms with Crippen molar-refractivity contribution < 1.29 is 18.7 Å². The maximum Gasteiger partial charge on any atom is 0.266 e. The summed E-state index contributed by atoms with van der Waals surface area (Å²) in [4.78, 5) is 12.6. The molecule has 0 unspecified atom stereocenters.